The van der Waals surface area contributed by atoms with Crippen LogP contribution in [0.15, 0.2) is 47.6 Å². The highest BCUT2D eigenvalue weighted by atomic mass is 32.2. The molecule has 0 radical (unpaired) electrons. The molecule has 3 rings (SSSR count). The first-order chi connectivity index (χ1) is 16.0. The third-order valence-electron chi connectivity index (χ3n) is 4.56. The van der Waals surface area contributed by atoms with Crippen LogP contribution in [-0.2, 0) is 5.75 Å². The summed E-state index contributed by atoms with van der Waals surface area (Å²) in [6.07, 6.45) is 1.54. The number of carbonyl (C=O) groups excluding carboxylic acids is 1. The summed E-state index contributed by atoms with van der Waals surface area (Å²) < 4.78 is 5.46. The summed E-state index contributed by atoms with van der Waals surface area (Å²) in [5.74, 6) is 0.596. The predicted molar refractivity (Wildman–Crippen MR) is 123 cm³/mol. The quantitative estimate of drug-likeness (QED) is 0.429. The summed E-state index contributed by atoms with van der Waals surface area (Å²) >= 11 is 1.27. The molecular formula is C23H20N6O3S. The number of carbonyl (C=O) groups is 1. The fourth-order valence-electron chi connectivity index (χ4n) is 3.06. The molecule has 9 nitrogen and oxygen atoms in total. The van der Waals surface area contributed by atoms with Crippen LogP contribution in [0.3, 0.4) is 0 Å². The van der Waals surface area contributed by atoms with Crippen LogP contribution in [-0.4, -0.2) is 41.2 Å². The number of ether oxygens (including phenoxy) is 1. The molecule has 0 spiro atoms. The number of thioether (sulfide) groups is 1. The molecule has 2 aromatic heterocycles. The van der Waals surface area contributed by atoms with Gasteiger partial charge in [0, 0.05) is 24.6 Å². The van der Waals surface area contributed by atoms with E-state index >= 15 is 0 Å². The van der Waals surface area contributed by atoms with E-state index in [0.717, 1.165) is 5.56 Å². The smallest absolute Gasteiger partial charge is 0.269 e. The highest BCUT2D eigenvalue weighted by Crippen LogP contribution is 2.37. The van der Waals surface area contributed by atoms with E-state index in [-0.39, 0.29) is 41.8 Å². The fourth-order valence-corrected chi connectivity index (χ4v) is 4.00. The van der Waals surface area contributed by atoms with Gasteiger partial charge in [-0.2, -0.15) is 10.5 Å². The number of nitrogen functional groups attached to an aromatic ring is 1. The summed E-state index contributed by atoms with van der Waals surface area (Å²) in [7, 11) is 1.53. The number of nitriles is 2. The number of aliphatic hydroxyl groups is 1. The van der Waals surface area contributed by atoms with E-state index in [1.807, 2.05) is 6.07 Å². The van der Waals surface area contributed by atoms with Gasteiger partial charge >= 0.3 is 0 Å². The number of hydrogen-bond donors (Lipinski definition) is 3. The lowest BCUT2D eigenvalue weighted by Crippen LogP contribution is -2.19. The second kappa shape index (κ2) is 11.0. The van der Waals surface area contributed by atoms with Gasteiger partial charge in [0.2, 0.25) is 0 Å². The number of aliphatic hydroxyl groups excluding tert-OH is 1. The standard InChI is InChI=1S/C23H20N6O3S/c1-27-22(31)19-9-14(5-6-28-19)13-33-23-18(12-25)20(17(11-24)21(26)29-23)15-3-2-4-16(10-15)32-8-7-30/h2-6,9-10,30H,7-8,13H2,1H3,(H2,26,29)(H,27,31). The Bertz CT molecular complexity index is 1270. The molecule has 166 valence electrons. The largest absolute Gasteiger partial charge is 0.491 e. The second-order valence-electron chi connectivity index (χ2n) is 6.67. The Hall–Kier alpha value is -4.12. The van der Waals surface area contributed by atoms with Gasteiger partial charge < -0.3 is 20.9 Å². The lowest BCUT2D eigenvalue weighted by atomic mass is 9.96. The predicted octanol–water partition coefficient (Wildman–Crippen LogP) is 2.49. The Balaban J connectivity index is 2.02. The van der Waals surface area contributed by atoms with Gasteiger partial charge in [0.05, 0.1) is 12.2 Å². The highest BCUT2D eigenvalue weighted by molar-refractivity contribution is 7.98. The fraction of sp³-hybridized carbons (Fsp3) is 0.174. The van der Waals surface area contributed by atoms with E-state index in [9.17, 15) is 15.3 Å². The molecule has 0 aliphatic carbocycles. The van der Waals surface area contributed by atoms with Crippen molar-refractivity contribution in [1.82, 2.24) is 15.3 Å². The van der Waals surface area contributed by atoms with E-state index in [4.69, 9.17) is 15.6 Å². The van der Waals surface area contributed by atoms with Crippen LogP contribution in [0.2, 0.25) is 0 Å². The Morgan fingerprint density at radius 3 is 2.73 bits per heavy atom. The third kappa shape index (κ3) is 5.39. The number of nitrogens with zero attached hydrogens (tertiary/aromatic N) is 4. The number of nitrogens with two attached hydrogens (primary N) is 1. The van der Waals surface area contributed by atoms with Crippen molar-refractivity contribution in [3.63, 3.8) is 0 Å². The number of benzene rings is 1. The van der Waals surface area contributed by atoms with Crippen LogP contribution in [0.1, 0.15) is 27.2 Å². The molecule has 0 aliphatic rings. The molecule has 2 heterocycles. The van der Waals surface area contributed by atoms with Crippen molar-refractivity contribution in [2.45, 2.75) is 10.8 Å². The van der Waals surface area contributed by atoms with Crippen molar-refractivity contribution in [2.75, 3.05) is 26.0 Å². The van der Waals surface area contributed by atoms with E-state index in [1.54, 1.807) is 36.4 Å². The van der Waals surface area contributed by atoms with E-state index in [0.29, 0.717) is 27.7 Å². The maximum Gasteiger partial charge on any atom is 0.269 e. The average molecular weight is 461 g/mol. The van der Waals surface area contributed by atoms with Gasteiger partial charge in [-0.3, -0.25) is 9.78 Å². The first-order valence-corrected chi connectivity index (χ1v) is 10.8. The molecule has 4 N–H and O–H groups in total. The summed E-state index contributed by atoms with van der Waals surface area (Å²) in [6.45, 7) is -0.0278. The minimum atomic E-state index is -0.300. The zero-order valence-corrected chi connectivity index (χ0v) is 18.5. The van der Waals surface area contributed by atoms with Crippen molar-refractivity contribution < 1.29 is 14.6 Å². The number of pyridine rings is 2. The first-order valence-electron chi connectivity index (χ1n) is 9.80. The molecule has 0 bridgehead atoms. The third-order valence-corrected chi connectivity index (χ3v) is 5.60. The number of hydrogen-bond acceptors (Lipinski definition) is 9. The van der Waals surface area contributed by atoms with Crippen molar-refractivity contribution in [1.29, 1.82) is 10.5 Å². The van der Waals surface area contributed by atoms with Crippen molar-refractivity contribution in [3.05, 3.63) is 65.0 Å². The van der Waals surface area contributed by atoms with Gasteiger partial charge in [0.25, 0.3) is 5.91 Å². The number of aromatic nitrogens is 2. The van der Waals surface area contributed by atoms with Gasteiger partial charge in [0.15, 0.2) is 0 Å². The van der Waals surface area contributed by atoms with Crippen molar-refractivity contribution >= 4 is 23.5 Å². The maximum atomic E-state index is 11.8. The molecule has 0 saturated carbocycles. The molecule has 33 heavy (non-hydrogen) atoms. The lowest BCUT2D eigenvalue weighted by Gasteiger charge is -2.14. The Labute approximate surface area is 194 Å². The molecule has 0 unspecified atom stereocenters. The number of nitrogens with one attached hydrogen (secondary N) is 1. The van der Waals surface area contributed by atoms with E-state index in [1.165, 1.54) is 25.0 Å². The maximum absolute atomic E-state index is 11.8. The molecule has 0 aliphatic heterocycles. The zero-order valence-electron chi connectivity index (χ0n) is 17.7. The Morgan fingerprint density at radius 2 is 2.03 bits per heavy atom. The van der Waals surface area contributed by atoms with Crippen LogP contribution in [0.4, 0.5) is 5.82 Å². The molecule has 1 amide bonds. The van der Waals surface area contributed by atoms with Gasteiger partial charge in [-0.05, 0) is 35.4 Å². The summed E-state index contributed by atoms with van der Waals surface area (Å²) in [6, 6.07) is 14.5. The molecule has 0 fully saturated rings. The van der Waals surface area contributed by atoms with Gasteiger partial charge in [0.1, 0.15) is 46.6 Å². The van der Waals surface area contributed by atoms with Crippen LogP contribution in [0.25, 0.3) is 11.1 Å². The van der Waals surface area contributed by atoms with Crippen LogP contribution in [0, 0.1) is 22.7 Å². The Morgan fingerprint density at radius 1 is 1.24 bits per heavy atom. The van der Waals surface area contributed by atoms with Gasteiger partial charge in [-0.1, -0.05) is 12.1 Å². The lowest BCUT2D eigenvalue weighted by molar-refractivity contribution is 0.0958. The minimum absolute atomic E-state index is 0.0106. The van der Waals surface area contributed by atoms with Crippen molar-refractivity contribution in [2.24, 2.45) is 0 Å². The molecule has 3 aromatic rings. The number of amides is 1. The van der Waals surface area contributed by atoms with Crippen LogP contribution >= 0.6 is 11.8 Å². The van der Waals surface area contributed by atoms with E-state index in [2.05, 4.69) is 21.4 Å². The summed E-state index contributed by atoms with van der Waals surface area (Å²) in [5.41, 5.74) is 8.42. The number of anilines is 1. The van der Waals surface area contributed by atoms with E-state index < -0.39 is 0 Å². The van der Waals surface area contributed by atoms with Gasteiger partial charge in [-0.25, -0.2) is 4.98 Å². The Kier molecular flexibility index (Phi) is 7.82. The molecule has 0 saturated heterocycles. The topological polar surface area (TPSA) is 158 Å². The molecule has 1 aromatic carbocycles. The van der Waals surface area contributed by atoms with Crippen molar-refractivity contribution in [3.8, 4) is 29.0 Å². The number of rotatable bonds is 8. The normalized spacial score (nSPS) is 10.2. The minimum Gasteiger partial charge on any atom is -0.491 e. The second-order valence-corrected chi connectivity index (χ2v) is 7.63. The molecule has 0 atom stereocenters. The van der Waals surface area contributed by atoms with Crippen LogP contribution < -0.4 is 15.8 Å². The monoisotopic (exact) mass is 460 g/mol. The van der Waals surface area contributed by atoms with Crippen LogP contribution in [0.5, 0.6) is 5.75 Å². The highest BCUT2D eigenvalue weighted by Gasteiger charge is 2.21. The summed E-state index contributed by atoms with van der Waals surface area (Å²) in [4.78, 5) is 20.2. The summed E-state index contributed by atoms with van der Waals surface area (Å²) in [5, 5.41) is 31.5. The zero-order chi connectivity index (χ0) is 23.8. The SMILES string of the molecule is CNC(=O)c1cc(CSc2nc(N)c(C#N)c(-c3cccc(OCCO)c3)c2C#N)ccn1. The average Bonchev–Trinajstić information content (AvgIpc) is 2.85. The van der Waals surface area contributed by atoms with Gasteiger partial charge in [-0.15, -0.1) is 11.8 Å². The molecular weight excluding hydrogens is 440 g/mol. The first kappa shape index (κ1) is 23.5. The molecule has 10 heteroatoms.